The van der Waals surface area contributed by atoms with Crippen LogP contribution in [0.25, 0.3) is 0 Å². The van der Waals surface area contributed by atoms with Crippen molar-refractivity contribution in [1.82, 2.24) is 0 Å². The molecule has 0 aliphatic carbocycles. The molecule has 0 heterocycles. The van der Waals surface area contributed by atoms with E-state index >= 15 is 0 Å². The van der Waals surface area contributed by atoms with Gasteiger partial charge in [0, 0.05) is 0 Å². The smallest absolute Gasteiger partial charge is 0.0564 e. The van der Waals surface area contributed by atoms with E-state index in [1.165, 1.54) is 64.2 Å². The highest BCUT2D eigenvalue weighted by Crippen LogP contribution is 1.77. The zero-order chi connectivity index (χ0) is 21.1. The van der Waals surface area contributed by atoms with E-state index in [0.29, 0.717) is 0 Å². The fraction of sp³-hybridized carbons (Fsp3) is 1.00. The third kappa shape index (κ3) is 1080. The number of hydrogen-bond donors (Lipinski definition) is 0. The fourth-order valence-corrected chi connectivity index (χ4v) is 0. The van der Waals surface area contributed by atoms with Gasteiger partial charge in [-0.25, -0.2) is 0 Å². The van der Waals surface area contributed by atoms with Gasteiger partial charge in [0.15, 0.2) is 0 Å². The third-order valence-electron chi connectivity index (χ3n) is 1.50. The van der Waals surface area contributed by atoms with Gasteiger partial charge in [-0.3, -0.25) is 0 Å². The van der Waals surface area contributed by atoms with Crippen LogP contribution in [0, 0.1) is 0 Å². The van der Waals surface area contributed by atoms with Crippen LogP contribution in [0.1, 0.15) is 161 Å². The molecule has 0 spiro atoms. The Balaban J connectivity index is -0.0000000283. The third-order valence-corrected chi connectivity index (χ3v) is 1.50. The van der Waals surface area contributed by atoms with Crippen molar-refractivity contribution in [2.45, 2.75) is 161 Å². The van der Waals surface area contributed by atoms with Gasteiger partial charge in [0.1, 0.15) is 0 Å². The van der Waals surface area contributed by atoms with Gasteiger partial charge in [-0.15, -0.1) is 0 Å². The Morgan fingerprint density at radius 2 is 0.250 bits per heavy atom. The Morgan fingerprint density at radius 1 is 0.208 bits per heavy atom. The van der Waals surface area contributed by atoms with Crippen LogP contribution < -0.4 is 0 Å². The van der Waals surface area contributed by atoms with Gasteiger partial charge in [-0.2, -0.15) is 0 Å². The Hall–Kier alpha value is 0. The Labute approximate surface area is 161 Å². The Kier molecular flexibility index (Phi) is 204. The average molecular weight is 351 g/mol. The first-order valence-corrected chi connectivity index (χ1v) is 11.4. The molecule has 0 N–H and O–H groups in total. The molecular weight excluding hydrogens is 288 g/mol. The van der Waals surface area contributed by atoms with E-state index in [9.17, 15) is 0 Å². The predicted molar refractivity (Wildman–Crippen MR) is 126 cm³/mol. The Morgan fingerprint density at radius 3 is 0.250 bits per heavy atom. The van der Waals surface area contributed by atoms with Crippen molar-refractivity contribution in [3.63, 3.8) is 0 Å². The number of rotatable bonds is 3. The highest BCUT2D eigenvalue weighted by molar-refractivity contribution is 4.13. The zero-order valence-electron chi connectivity index (χ0n) is 21.1. The van der Waals surface area contributed by atoms with Crippen molar-refractivity contribution in [3.05, 3.63) is 0 Å². The summed E-state index contributed by atoms with van der Waals surface area (Å²) in [6.45, 7) is 30.1. The molecule has 24 heavy (non-hydrogen) atoms. The van der Waals surface area contributed by atoms with Crippen molar-refractivity contribution in [1.29, 1.82) is 0 Å². The van der Waals surface area contributed by atoms with Gasteiger partial charge in [-0.1, -0.05) is 161 Å². The molecule has 0 aliphatic rings. The molecule has 0 aromatic carbocycles. The van der Waals surface area contributed by atoms with Crippen molar-refractivity contribution in [3.8, 4) is 0 Å². The van der Waals surface area contributed by atoms with E-state index in [2.05, 4.69) is 96.9 Å². The lowest BCUT2D eigenvalue weighted by atomic mass is 10.4. The van der Waals surface area contributed by atoms with Gasteiger partial charge in [0.05, 0.1) is 0 Å². The first-order valence-electron chi connectivity index (χ1n) is 11.4. The van der Waals surface area contributed by atoms with E-state index in [0.717, 1.165) is 0 Å². The summed E-state index contributed by atoms with van der Waals surface area (Å²) in [4.78, 5) is 0. The molecule has 0 rings (SSSR count). The maximum absolute atomic E-state index is 2.18. The van der Waals surface area contributed by atoms with E-state index in [1.54, 1.807) is 0 Å². The molecule has 0 saturated heterocycles. The SMILES string of the molecule is CCC.CCC.CCC.CCC.CCCC.CCCC.CCCC. The molecule has 0 amide bonds. The van der Waals surface area contributed by atoms with Crippen molar-refractivity contribution in [2.24, 2.45) is 0 Å². The standard InChI is InChI=1S/3C4H10.4C3H8/c3*1-3-4-2;4*1-3-2/h3*3-4H2,1-2H3;4*3H2,1-2H3. The average Bonchev–Trinajstić information content (AvgIpc) is 2.58. The van der Waals surface area contributed by atoms with Crippen LogP contribution in [0.3, 0.4) is 0 Å². The molecule has 0 aromatic rings. The lowest BCUT2D eigenvalue weighted by molar-refractivity contribution is 0.886. The van der Waals surface area contributed by atoms with Crippen LogP contribution in [-0.2, 0) is 0 Å². The lowest BCUT2D eigenvalue weighted by Gasteiger charge is -1.68. The van der Waals surface area contributed by atoms with Crippen molar-refractivity contribution >= 4 is 0 Å². The van der Waals surface area contributed by atoms with Gasteiger partial charge in [0.25, 0.3) is 0 Å². The molecule has 0 fully saturated rings. The zero-order valence-corrected chi connectivity index (χ0v) is 21.1. The predicted octanol–water partition coefficient (Wildman–Crippen LogP) is 11.1. The number of hydrogen-bond acceptors (Lipinski definition) is 0. The highest BCUT2D eigenvalue weighted by atomic mass is 13.6. The van der Waals surface area contributed by atoms with E-state index in [4.69, 9.17) is 0 Å². The summed E-state index contributed by atoms with van der Waals surface area (Å²) in [5.41, 5.74) is 0. The van der Waals surface area contributed by atoms with Crippen LogP contribution in [0.5, 0.6) is 0 Å². The second-order valence-corrected chi connectivity index (χ2v) is 5.83. The maximum atomic E-state index is 2.18. The topological polar surface area (TPSA) is 0 Å². The summed E-state index contributed by atoms with van der Waals surface area (Å²) in [6, 6.07) is 0. The molecule has 0 unspecified atom stereocenters. The van der Waals surface area contributed by atoms with E-state index < -0.39 is 0 Å². The molecule has 0 saturated carbocycles. The van der Waals surface area contributed by atoms with E-state index in [-0.39, 0.29) is 0 Å². The first-order chi connectivity index (χ1) is 11.4. The van der Waals surface area contributed by atoms with Gasteiger partial charge < -0.3 is 0 Å². The quantitative estimate of drug-likeness (QED) is 0.474. The minimum absolute atomic E-state index is 1.25. The monoisotopic (exact) mass is 350 g/mol. The molecule has 0 aromatic heterocycles. The van der Waals surface area contributed by atoms with Crippen LogP contribution in [-0.4, -0.2) is 0 Å². The summed E-state index contributed by atoms with van der Waals surface area (Å²) in [6.07, 6.45) is 12.9. The number of unbranched alkanes of at least 4 members (excludes halogenated alkanes) is 3. The molecule has 0 heteroatoms. The van der Waals surface area contributed by atoms with Crippen molar-refractivity contribution in [2.75, 3.05) is 0 Å². The van der Waals surface area contributed by atoms with Crippen LogP contribution in [0.2, 0.25) is 0 Å². The van der Waals surface area contributed by atoms with Gasteiger partial charge >= 0.3 is 0 Å². The van der Waals surface area contributed by atoms with Gasteiger partial charge in [0.2, 0.25) is 0 Å². The van der Waals surface area contributed by atoms with Crippen LogP contribution in [0.15, 0.2) is 0 Å². The lowest BCUT2D eigenvalue weighted by Crippen LogP contribution is -1.47. The largest absolute Gasteiger partial charge is 0.0656 e. The minimum Gasteiger partial charge on any atom is -0.0656 e. The normalized spacial score (nSPS) is 6.75. The molecular formula is C24H62. The molecule has 0 atom stereocenters. The second kappa shape index (κ2) is 111. The summed E-state index contributed by atoms with van der Waals surface area (Å²) >= 11 is 0. The van der Waals surface area contributed by atoms with E-state index in [1.807, 2.05) is 0 Å². The summed E-state index contributed by atoms with van der Waals surface area (Å²) < 4.78 is 0. The van der Waals surface area contributed by atoms with Crippen molar-refractivity contribution < 1.29 is 0 Å². The fourth-order valence-electron chi connectivity index (χ4n) is 0. The molecule has 0 nitrogen and oxygen atoms in total. The molecule has 0 radical (unpaired) electrons. The summed E-state index contributed by atoms with van der Waals surface area (Å²) in [5.74, 6) is 0. The van der Waals surface area contributed by atoms with Crippen LogP contribution in [0.4, 0.5) is 0 Å². The maximum Gasteiger partial charge on any atom is -0.0564 e. The van der Waals surface area contributed by atoms with Crippen LogP contribution >= 0.6 is 0 Å². The molecule has 0 bridgehead atoms. The minimum atomic E-state index is 1.25. The van der Waals surface area contributed by atoms with Gasteiger partial charge in [-0.05, 0) is 0 Å². The summed E-state index contributed by atoms with van der Waals surface area (Å²) in [5, 5.41) is 0. The molecule has 158 valence electrons. The second-order valence-electron chi connectivity index (χ2n) is 5.83. The highest BCUT2D eigenvalue weighted by Gasteiger charge is 1.57. The Bertz CT molecular complexity index is 42.9. The first kappa shape index (κ1) is 43.9. The molecule has 0 aliphatic heterocycles. The summed E-state index contributed by atoms with van der Waals surface area (Å²) in [7, 11) is 0.